The Kier molecular flexibility index (Phi) is 7.36. The van der Waals surface area contributed by atoms with Crippen molar-refractivity contribution in [3.63, 3.8) is 0 Å². The molecule has 1 aromatic heterocycles. The summed E-state index contributed by atoms with van der Waals surface area (Å²) in [6.07, 6.45) is 1.43. The minimum Gasteiger partial charge on any atom is -0.507 e. The fourth-order valence-corrected chi connectivity index (χ4v) is 5.21. The third kappa shape index (κ3) is 4.66. The number of hydrogen-bond donors (Lipinski definition) is 2. The van der Waals surface area contributed by atoms with Crippen LogP contribution < -0.4 is 9.64 Å². The third-order valence-corrected chi connectivity index (χ3v) is 7.26. The van der Waals surface area contributed by atoms with Gasteiger partial charge in [-0.3, -0.25) is 14.5 Å². The van der Waals surface area contributed by atoms with Crippen LogP contribution in [0.3, 0.4) is 0 Å². The van der Waals surface area contributed by atoms with Crippen LogP contribution in [-0.2, 0) is 14.3 Å². The number of aromatic hydroxyl groups is 1. The second-order valence-corrected chi connectivity index (χ2v) is 9.69. The van der Waals surface area contributed by atoms with Crippen molar-refractivity contribution in [2.24, 2.45) is 0 Å². The molecule has 2 N–H and O–H groups in total. The lowest BCUT2D eigenvalue weighted by Gasteiger charge is -2.23. The Labute approximate surface area is 223 Å². The number of hydrogen-bond acceptors (Lipinski definition) is 9. The molecule has 0 bridgehead atoms. The summed E-state index contributed by atoms with van der Waals surface area (Å²) in [4.78, 5) is 45.2. The summed E-state index contributed by atoms with van der Waals surface area (Å²) >= 11 is 0.896. The van der Waals surface area contributed by atoms with Crippen molar-refractivity contribution in [2.45, 2.75) is 26.8 Å². The van der Waals surface area contributed by atoms with Gasteiger partial charge in [0.1, 0.15) is 17.2 Å². The number of ether oxygens (including phenoxy) is 2. The van der Waals surface area contributed by atoms with Crippen molar-refractivity contribution >= 4 is 39.9 Å². The fourth-order valence-electron chi connectivity index (χ4n) is 4.22. The van der Waals surface area contributed by atoms with Gasteiger partial charge in [-0.2, -0.15) is 0 Å². The number of Topliss-reactive ketones (excluding diaryl/α,β-unsaturated/α-hetero) is 1. The summed E-state index contributed by atoms with van der Waals surface area (Å²) in [5.74, 6) is -2.84. The lowest BCUT2D eigenvalue weighted by molar-refractivity contribution is -0.132. The van der Waals surface area contributed by atoms with Gasteiger partial charge in [-0.1, -0.05) is 47.8 Å². The molecule has 196 valence electrons. The van der Waals surface area contributed by atoms with Gasteiger partial charge in [0.15, 0.2) is 16.6 Å². The number of nitrogens with zero attached hydrogens (tertiary/aromatic N) is 2. The van der Waals surface area contributed by atoms with Crippen LogP contribution in [-0.4, -0.2) is 46.6 Å². The normalized spacial score (nSPS) is 16.5. The average molecular weight is 535 g/mol. The molecular formula is C28H26N2O7S. The molecule has 1 fully saturated rings. The maximum atomic E-state index is 13.5. The molecule has 0 radical (unpaired) electrons. The van der Waals surface area contributed by atoms with Gasteiger partial charge >= 0.3 is 11.9 Å². The number of esters is 1. The molecule has 9 nitrogen and oxygen atoms in total. The Bertz CT molecular complexity index is 1500. The number of rotatable bonds is 7. The predicted molar refractivity (Wildman–Crippen MR) is 143 cm³/mol. The number of amides is 1. The number of aromatic nitrogens is 1. The fraction of sp³-hybridized carbons (Fsp3) is 0.214. The van der Waals surface area contributed by atoms with Gasteiger partial charge in [0.2, 0.25) is 0 Å². The van der Waals surface area contributed by atoms with Crippen LogP contribution >= 0.6 is 11.3 Å². The minimum atomic E-state index is -1.12. The van der Waals surface area contributed by atoms with Crippen LogP contribution in [0.25, 0.3) is 5.76 Å². The number of ketones is 1. The van der Waals surface area contributed by atoms with E-state index in [1.54, 1.807) is 19.9 Å². The largest absolute Gasteiger partial charge is 0.507 e. The van der Waals surface area contributed by atoms with E-state index in [9.17, 15) is 24.6 Å². The molecule has 1 amide bonds. The molecule has 2 heterocycles. The minimum absolute atomic E-state index is 0.000826. The van der Waals surface area contributed by atoms with Crippen molar-refractivity contribution in [2.75, 3.05) is 18.6 Å². The maximum absolute atomic E-state index is 13.5. The van der Waals surface area contributed by atoms with Gasteiger partial charge in [0.05, 0.1) is 24.4 Å². The van der Waals surface area contributed by atoms with E-state index in [2.05, 4.69) is 11.6 Å². The van der Waals surface area contributed by atoms with Gasteiger partial charge < -0.3 is 19.7 Å². The Morgan fingerprint density at radius 2 is 1.92 bits per heavy atom. The second kappa shape index (κ2) is 10.5. The lowest BCUT2D eigenvalue weighted by Crippen LogP contribution is -2.29. The molecule has 0 spiro atoms. The van der Waals surface area contributed by atoms with E-state index in [0.29, 0.717) is 22.4 Å². The van der Waals surface area contributed by atoms with Crippen LogP contribution in [0.1, 0.15) is 43.7 Å². The summed E-state index contributed by atoms with van der Waals surface area (Å²) in [7, 11) is 1.37. The molecular weight excluding hydrogens is 508 g/mol. The Balaban J connectivity index is 1.95. The van der Waals surface area contributed by atoms with Crippen LogP contribution in [0.2, 0.25) is 0 Å². The summed E-state index contributed by atoms with van der Waals surface area (Å²) in [6, 6.07) is 8.67. The number of methoxy groups -OCH3 is 1. The maximum Gasteiger partial charge on any atom is 0.350 e. The van der Waals surface area contributed by atoms with E-state index in [1.165, 1.54) is 31.4 Å². The summed E-state index contributed by atoms with van der Waals surface area (Å²) in [5.41, 5.74) is 2.51. The number of phenols is 1. The number of phenolic OH excluding ortho intramolecular Hbond substituents is 1. The molecule has 10 heteroatoms. The summed E-state index contributed by atoms with van der Waals surface area (Å²) < 4.78 is 10.4. The molecule has 1 aliphatic heterocycles. The first kappa shape index (κ1) is 26.6. The Morgan fingerprint density at radius 1 is 1.18 bits per heavy atom. The quantitative estimate of drug-likeness (QED) is 0.146. The van der Waals surface area contributed by atoms with Gasteiger partial charge in [-0.25, -0.2) is 9.78 Å². The molecule has 2 aromatic carbocycles. The highest BCUT2D eigenvalue weighted by molar-refractivity contribution is 7.17. The van der Waals surface area contributed by atoms with E-state index in [4.69, 9.17) is 9.47 Å². The van der Waals surface area contributed by atoms with Crippen molar-refractivity contribution < 1.29 is 34.1 Å². The van der Waals surface area contributed by atoms with E-state index in [-0.39, 0.29) is 39.4 Å². The SMILES string of the molecule is C=CCOC(=O)c1sc(N2C(=O)C(=O)/C(=C(/O)c3cc(C)ccc3C)C2c2ccc(O)c(OC)c2)nc1C. The predicted octanol–water partition coefficient (Wildman–Crippen LogP) is 4.75. The number of thiazole rings is 1. The zero-order valence-electron chi connectivity index (χ0n) is 21.3. The van der Waals surface area contributed by atoms with Crippen molar-refractivity contribution in [3.05, 3.63) is 87.5 Å². The zero-order chi connectivity index (χ0) is 27.7. The highest BCUT2D eigenvalue weighted by atomic mass is 32.1. The van der Waals surface area contributed by atoms with Crippen LogP contribution in [0.4, 0.5) is 5.13 Å². The average Bonchev–Trinajstić information content (AvgIpc) is 3.40. The van der Waals surface area contributed by atoms with Crippen LogP contribution in [0.5, 0.6) is 11.5 Å². The number of aliphatic hydroxyl groups is 1. The van der Waals surface area contributed by atoms with E-state index < -0.39 is 23.7 Å². The second-order valence-electron chi connectivity index (χ2n) is 8.72. The molecule has 1 aliphatic rings. The third-order valence-electron chi connectivity index (χ3n) is 6.12. The standard InChI is InChI=1S/C28H26N2O7S/c1-6-11-37-27(35)25-16(4)29-28(38-25)30-22(17-9-10-19(31)20(13-17)36-5)21(24(33)26(30)34)23(32)18-12-14(2)7-8-15(18)3/h6-10,12-13,22,31-32H,1,11H2,2-5H3/b23-21+. The van der Waals surface area contributed by atoms with Crippen molar-refractivity contribution in [1.82, 2.24) is 4.98 Å². The van der Waals surface area contributed by atoms with Gasteiger partial charge in [0, 0.05) is 5.56 Å². The zero-order valence-corrected chi connectivity index (χ0v) is 22.1. The van der Waals surface area contributed by atoms with Crippen molar-refractivity contribution in [3.8, 4) is 11.5 Å². The van der Waals surface area contributed by atoms with Gasteiger partial charge in [-0.15, -0.1) is 0 Å². The van der Waals surface area contributed by atoms with E-state index in [1.807, 2.05) is 19.1 Å². The van der Waals surface area contributed by atoms with E-state index in [0.717, 1.165) is 21.8 Å². The topological polar surface area (TPSA) is 126 Å². The van der Waals surface area contributed by atoms with Gasteiger partial charge in [-0.05, 0) is 50.1 Å². The molecule has 3 aromatic rings. The van der Waals surface area contributed by atoms with Gasteiger partial charge in [0.25, 0.3) is 5.78 Å². The summed E-state index contributed by atoms with van der Waals surface area (Å²) in [6.45, 7) is 8.75. The number of benzene rings is 2. The molecule has 4 rings (SSSR count). The van der Waals surface area contributed by atoms with E-state index >= 15 is 0 Å². The molecule has 0 saturated carbocycles. The number of carbonyl (C=O) groups excluding carboxylic acids is 3. The Morgan fingerprint density at radius 3 is 2.61 bits per heavy atom. The number of anilines is 1. The smallest absolute Gasteiger partial charge is 0.350 e. The van der Waals surface area contributed by atoms with Crippen molar-refractivity contribution in [1.29, 1.82) is 0 Å². The number of aryl methyl sites for hydroxylation is 3. The van der Waals surface area contributed by atoms with Crippen LogP contribution in [0.15, 0.2) is 54.6 Å². The lowest BCUT2D eigenvalue weighted by atomic mass is 9.93. The Hall–Kier alpha value is -4.44. The molecule has 38 heavy (non-hydrogen) atoms. The number of aliphatic hydroxyl groups excluding tert-OH is 1. The molecule has 1 unspecified atom stereocenters. The highest BCUT2D eigenvalue weighted by Crippen LogP contribution is 2.45. The summed E-state index contributed by atoms with van der Waals surface area (Å²) in [5, 5.41) is 21.7. The highest BCUT2D eigenvalue weighted by Gasteiger charge is 2.48. The first-order valence-electron chi connectivity index (χ1n) is 11.6. The first-order valence-corrected chi connectivity index (χ1v) is 12.4. The first-order chi connectivity index (χ1) is 18.1. The molecule has 0 aliphatic carbocycles. The van der Waals surface area contributed by atoms with Crippen LogP contribution in [0, 0.1) is 20.8 Å². The monoisotopic (exact) mass is 534 g/mol. The number of carbonyl (C=O) groups is 3. The molecule has 1 atom stereocenters. The molecule has 1 saturated heterocycles.